The first kappa shape index (κ1) is 22.1. The molecule has 30 heavy (non-hydrogen) atoms. The zero-order chi connectivity index (χ0) is 21.7. The van der Waals surface area contributed by atoms with Gasteiger partial charge in [0.2, 0.25) is 11.7 Å². The number of carbonyl (C=O) groups is 2. The van der Waals surface area contributed by atoms with Gasteiger partial charge in [0.1, 0.15) is 5.76 Å². The molecule has 0 radical (unpaired) electrons. The topological polar surface area (TPSA) is 109 Å². The number of aliphatic hydroxyl groups is 1. The van der Waals surface area contributed by atoms with Gasteiger partial charge in [-0.25, -0.2) is 4.79 Å². The van der Waals surface area contributed by atoms with Crippen LogP contribution >= 0.6 is 0 Å². The molecule has 3 rings (SSSR count). The molecule has 1 saturated heterocycles. The maximum Gasteiger partial charge on any atom is 0.371 e. The van der Waals surface area contributed by atoms with Gasteiger partial charge in [-0.05, 0) is 36.1 Å². The van der Waals surface area contributed by atoms with E-state index in [1.807, 2.05) is 24.3 Å². The Morgan fingerprint density at radius 1 is 1.27 bits per heavy atom. The van der Waals surface area contributed by atoms with Gasteiger partial charge >= 0.3 is 5.97 Å². The van der Waals surface area contributed by atoms with Crippen LogP contribution in [0.1, 0.15) is 79.0 Å². The Morgan fingerprint density at radius 2 is 2.00 bits per heavy atom. The lowest BCUT2D eigenvalue weighted by atomic mass is 9.82. The number of rotatable bonds is 10. The van der Waals surface area contributed by atoms with E-state index < -0.39 is 23.7 Å². The van der Waals surface area contributed by atoms with Crippen LogP contribution in [0.2, 0.25) is 0 Å². The number of methoxy groups -OCH3 is 1. The largest absolute Gasteiger partial charge is 0.475 e. The van der Waals surface area contributed by atoms with Crippen LogP contribution in [-0.4, -0.2) is 35.2 Å². The van der Waals surface area contributed by atoms with Crippen LogP contribution in [-0.2, 0) is 15.1 Å². The number of ether oxygens (including phenoxy) is 1. The van der Waals surface area contributed by atoms with Crippen LogP contribution in [0.25, 0.3) is 0 Å². The van der Waals surface area contributed by atoms with Crippen molar-refractivity contribution in [2.75, 3.05) is 7.11 Å². The molecule has 0 spiro atoms. The fourth-order valence-corrected chi connectivity index (χ4v) is 4.15. The van der Waals surface area contributed by atoms with Gasteiger partial charge < -0.3 is 24.7 Å². The molecule has 1 amide bonds. The Labute approximate surface area is 176 Å². The number of carboxylic acid groups (broad SMARTS) is 1. The molecule has 2 aromatic rings. The summed E-state index contributed by atoms with van der Waals surface area (Å²) in [6.07, 6.45) is 4.16. The third kappa shape index (κ3) is 4.27. The molecule has 3 atom stereocenters. The number of aromatic carboxylic acids is 1. The average Bonchev–Trinajstić information content (AvgIpc) is 3.40. The van der Waals surface area contributed by atoms with E-state index in [0.29, 0.717) is 30.6 Å². The van der Waals surface area contributed by atoms with E-state index in [-0.39, 0.29) is 11.7 Å². The SMILES string of the molecule is CCCCCC(O)c1ccc([C@](OC)(c2ccc(C(=O)O)o2)C2CCC(=O)N2)cc1. The van der Waals surface area contributed by atoms with E-state index in [4.69, 9.17) is 9.15 Å². The lowest BCUT2D eigenvalue weighted by Gasteiger charge is -2.36. The monoisotopic (exact) mass is 415 g/mol. The van der Waals surface area contributed by atoms with Gasteiger partial charge in [0.25, 0.3) is 0 Å². The van der Waals surface area contributed by atoms with Gasteiger partial charge in [0, 0.05) is 13.5 Å². The second-order valence-electron chi connectivity index (χ2n) is 7.70. The van der Waals surface area contributed by atoms with Crippen molar-refractivity contribution in [2.45, 2.75) is 63.2 Å². The number of nitrogens with one attached hydrogen (secondary N) is 1. The molecule has 7 heteroatoms. The molecule has 2 heterocycles. The fraction of sp³-hybridized carbons (Fsp3) is 0.478. The number of carboxylic acids is 1. The third-order valence-electron chi connectivity index (χ3n) is 5.80. The standard InChI is InChI=1S/C23H29NO6/c1-3-4-5-6-17(25)15-7-9-16(10-8-15)23(29-2,19-12-14-21(26)24-19)20-13-11-18(30-20)22(27)28/h7-11,13,17,19,25H,3-6,12,14H2,1-2H3,(H,24,26)(H,27,28)/t17?,19?,23-/m1/s1. The lowest BCUT2D eigenvalue weighted by molar-refractivity contribution is -0.120. The normalized spacial score (nSPS) is 19.3. The van der Waals surface area contributed by atoms with Crippen molar-refractivity contribution in [1.29, 1.82) is 0 Å². The van der Waals surface area contributed by atoms with E-state index in [2.05, 4.69) is 12.2 Å². The van der Waals surface area contributed by atoms with Gasteiger partial charge in [-0.1, -0.05) is 50.5 Å². The fourth-order valence-electron chi connectivity index (χ4n) is 4.15. The van der Waals surface area contributed by atoms with Crippen molar-refractivity contribution in [1.82, 2.24) is 5.32 Å². The van der Waals surface area contributed by atoms with Gasteiger partial charge in [-0.3, -0.25) is 4.79 Å². The van der Waals surface area contributed by atoms with Crippen LogP contribution < -0.4 is 5.32 Å². The van der Waals surface area contributed by atoms with Crippen LogP contribution in [0.5, 0.6) is 0 Å². The molecule has 1 aliphatic heterocycles. The molecular formula is C23H29NO6. The molecule has 0 bridgehead atoms. The summed E-state index contributed by atoms with van der Waals surface area (Å²) in [5.41, 5.74) is 0.347. The Balaban J connectivity index is 1.97. The van der Waals surface area contributed by atoms with Crippen LogP contribution in [0.15, 0.2) is 40.8 Å². The van der Waals surface area contributed by atoms with Crippen molar-refractivity contribution in [2.24, 2.45) is 0 Å². The van der Waals surface area contributed by atoms with Crippen molar-refractivity contribution < 1.29 is 29.0 Å². The van der Waals surface area contributed by atoms with E-state index in [0.717, 1.165) is 24.8 Å². The lowest BCUT2D eigenvalue weighted by Crippen LogP contribution is -2.48. The summed E-state index contributed by atoms with van der Waals surface area (Å²) in [6, 6.07) is 9.92. The minimum absolute atomic E-state index is 0.0885. The van der Waals surface area contributed by atoms with Crippen molar-refractivity contribution in [3.8, 4) is 0 Å². The summed E-state index contributed by atoms with van der Waals surface area (Å²) in [6.45, 7) is 2.12. The zero-order valence-electron chi connectivity index (χ0n) is 17.4. The summed E-state index contributed by atoms with van der Waals surface area (Å²) in [5.74, 6) is -1.15. The van der Waals surface area contributed by atoms with Crippen molar-refractivity contribution in [3.05, 3.63) is 59.0 Å². The molecule has 1 aliphatic rings. The number of unbranched alkanes of at least 4 members (excludes halogenated alkanes) is 2. The second kappa shape index (κ2) is 9.45. The first-order chi connectivity index (χ1) is 14.4. The molecule has 0 aliphatic carbocycles. The number of hydrogen-bond donors (Lipinski definition) is 3. The van der Waals surface area contributed by atoms with E-state index >= 15 is 0 Å². The molecule has 1 aromatic heterocycles. The van der Waals surface area contributed by atoms with Gasteiger partial charge in [-0.15, -0.1) is 0 Å². The second-order valence-corrected chi connectivity index (χ2v) is 7.70. The summed E-state index contributed by atoms with van der Waals surface area (Å²) < 4.78 is 11.6. The Kier molecular flexibility index (Phi) is 6.95. The smallest absolute Gasteiger partial charge is 0.371 e. The van der Waals surface area contributed by atoms with Gasteiger partial charge in [0.15, 0.2) is 5.60 Å². The van der Waals surface area contributed by atoms with E-state index in [1.54, 1.807) is 6.07 Å². The number of amides is 1. The highest BCUT2D eigenvalue weighted by molar-refractivity contribution is 5.84. The summed E-state index contributed by atoms with van der Waals surface area (Å²) >= 11 is 0. The maximum atomic E-state index is 11.9. The maximum absolute atomic E-state index is 11.9. The highest BCUT2D eigenvalue weighted by Crippen LogP contribution is 2.41. The minimum Gasteiger partial charge on any atom is -0.475 e. The molecule has 2 unspecified atom stereocenters. The zero-order valence-corrected chi connectivity index (χ0v) is 17.4. The molecular weight excluding hydrogens is 386 g/mol. The van der Waals surface area contributed by atoms with Gasteiger partial charge in [0.05, 0.1) is 12.1 Å². The highest BCUT2D eigenvalue weighted by Gasteiger charge is 2.48. The number of aliphatic hydroxyl groups excluding tert-OH is 1. The third-order valence-corrected chi connectivity index (χ3v) is 5.80. The molecule has 1 aromatic carbocycles. The highest BCUT2D eigenvalue weighted by atomic mass is 16.5. The Hall–Kier alpha value is -2.64. The Bertz CT molecular complexity index is 874. The van der Waals surface area contributed by atoms with Crippen LogP contribution in [0.4, 0.5) is 0 Å². The predicted octanol–water partition coefficient (Wildman–Crippen LogP) is 3.76. The average molecular weight is 415 g/mol. The summed E-state index contributed by atoms with van der Waals surface area (Å²) in [5, 5.41) is 22.7. The Morgan fingerprint density at radius 3 is 2.53 bits per heavy atom. The first-order valence-electron chi connectivity index (χ1n) is 10.4. The van der Waals surface area contributed by atoms with Crippen molar-refractivity contribution in [3.63, 3.8) is 0 Å². The number of carbonyl (C=O) groups excluding carboxylic acids is 1. The summed E-state index contributed by atoms with van der Waals surface area (Å²) in [4.78, 5) is 23.3. The minimum atomic E-state index is -1.18. The predicted molar refractivity (Wildman–Crippen MR) is 110 cm³/mol. The summed E-state index contributed by atoms with van der Waals surface area (Å²) in [7, 11) is 1.51. The number of benzene rings is 1. The molecule has 162 valence electrons. The number of furan rings is 1. The van der Waals surface area contributed by atoms with Gasteiger partial charge in [-0.2, -0.15) is 0 Å². The van der Waals surface area contributed by atoms with E-state index in [9.17, 15) is 19.8 Å². The number of hydrogen-bond acceptors (Lipinski definition) is 5. The first-order valence-corrected chi connectivity index (χ1v) is 10.4. The molecule has 3 N–H and O–H groups in total. The van der Waals surface area contributed by atoms with Crippen LogP contribution in [0, 0.1) is 0 Å². The molecule has 1 fully saturated rings. The van der Waals surface area contributed by atoms with Crippen LogP contribution in [0.3, 0.4) is 0 Å². The molecule has 7 nitrogen and oxygen atoms in total. The van der Waals surface area contributed by atoms with Crippen molar-refractivity contribution >= 4 is 11.9 Å². The van der Waals surface area contributed by atoms with E-state index in [1.165, 1.54) is 13.2 Å². The quantitative estimate of drug-likeness (QED) is 0.510. The molecule has 0 saturated carbocycles.